The van der Waals surface area contributed by atoms with E-state index >= 15 is 0 Å². The van der Waals surface area contributed by atoms with Crippen molar-refractivity contribution in [2.24, 2.45) is 0 Å². The maximum atomic E-state index is 12.7. The Labute approximate surface area is 161 Å². The van der Waals surface area contributed by atoms with Crippen molar-refractivity contribution in [3.05, 3.63) is 75.5 Å². The first kappa shape index (κ1) is 18.2. The molecule has 1 heterocycles. The van der Waals surface area contributed by atoms with Crippen LogP contribution < -0.4 is 10.6 Å². The Morgan fingerprint density at radius 1 is 0.923 bits per heavy atom. The van der Waals surface area contributed by atoms with E-state index in [1.54, 1.807) is 36.4 Å². The van der Waals surface area contributed by atoms with Crippen LogP contribution in [0.25, 0.3) is 0 Å². The number of nitrogens with zero attached hydrogens (tertiary/aromatic N) is 2. The lowest BCUT2D eigenvalue weighted by Crippen LogP contribution is -2.14. The molecular weight excluding hydrogens is 371 g/mol. The molecule has 132 valence electrons. The largest absolute Gasteiger partial charge is 0.323 e. The minimum Gasteiger partial charge on any atom is -0.323 e. The molecule has 0 saturated heterocycles. The van der Waals surface area contributed by atoms with Crippen molar-refractivity contribution in [2.45, 2.75) is 13.8 Å². The molecule has 3 aromatic rings. The fourth-order valence-electron chi connectivity index (χ4n) is 2.52. The highest BCUT2D eigenvalue weighted by molar-refractivity contribution is 6.35. The Hall–Kier alpha value is -2.63. The van der Waals surface area contributed by atoms with Gasteiger partial charge in [0.15, 0.2) is 0 Å². The summed E-state index contributed by atoms with van der Waals surface area (Å²) in [5, 5.41) is 6.80. The van der Waals surface area contributed by atoms with Crippen molar-refractivity contribution < 1.29 is 4.79 Å². The highest BCUT2D eigenvalue weighted by Crippen LogP contribution is 2.25. The van der Waals surface area contributed by atoms with Gasteiger partial charge in [0.05, 0.1) is 11.3 Å². The lowest BCUT2D eigenvalue weighted by atomic mass is 10.1. The number of para-hydroxylation sites is 1. The van der Waals surface area contributed by atoms with Crippen molar-refractivity contribution in [1.29, 1.82) is 0 Å². The second-order valence-corrected chi connectivity index (χ2v) is 6.63. The van der Waals surface area contributed by atoms with E-state index in [2.05, 4.69) is 20.6 Å². The maximum absolute atomic E-state index is 12.7. The van der Waals surface area contributed by atoms with Gasteiger partial charge in [-0.15, -0.1) is 0 Å². The number of carbonyl (C=O) groups excluding carboxylic acids is 1. The van der Waals surface area contributed by atoms with Crippen LogP contribution in [0.15, 0.2) is 48.5 Å². The van der Waals surface area contributed by atoms with Gasteiger partial charge in [-0.1, -0.05) is 35.3 Å². The van der Waals surface area contributed by atoms with Gasteiger partial charge >= 0.3 is 0 Å². The van der Waals surface area contributed by atoms with Gasteiger partial charge in [-0.05, 0) is 50.2 Å². The molecule has 0 unspecified atom stereocenters. The van der Waals surface area contributed by atoms with E-state index in [0.29, 0.717) is 32.9 Å². The first-order valence-electron chi connectivity index (χ1n) is 7.86. The van der Waals surface area contributed by atoms with Crippen LogP contribution in [0, 0.1) is 13.8 Å². The number of nitrogens with one attached hydrogen (secondary N) is 2. The summed E-state index contributed by atoms with van der Waals surface area (Å²) in [6, 6.07) is 13.9. The normalized spacial score (nSPS) is 10.5. The molecule has 1 amide bonds. The Balaban J connectivity index is 1.87. The summed E-state index contributed by atoms with van der Waals surface area (Å²) in [4.78, 5) is 21.4. The third-order valence-electron chi connectivity index (χ3n) is 3.52. The van der Waals surface area contributed by atoms with Gasteiger partial charge in [0.2, 0.25) is 5.95 Å². The fourth-order valence-corrected chi connectivity index (χ4v) is 3.04. The zero-order valence-corrected chi connectivity index (χ0v) is 15.7. The van der Waals surface area contributed by atoms with Gasteiger partial charge < -0.3 is 10.6 Å². The smallest absolute Gasteiger partial charge is 0.257 e. The Kier molecular flexibility index (Phi) is 5.40. The van der Waals surface area contributed by atoms with E-state index in [-0.39, 0.29) is 5.91 Å². The molecule has 0 bridgehead atoms. The highest BCUT2D eigenvalue weighted by atomic mass is 35.5. The molecule has 2 aromatic carbocycles. The third-order valence-corrected chi connectivity index (χ3v) is 3.96. The number of benzene rings is 2. The quantitative estimate of drug-likeness (QED) is 0.629. The first-order valence-corrected chi connectivity index (χ1v) is 8.62. The minimum absolute atomic E-state index is 0.296. The summed E-state index contributed by atoms with van der Waals surface area (Å²) in [6.45, 7) is 3.78. The number of aryl methyl sites for hydroxylation is 2. The molecule has 0 radical (unpaired) electrons. The number of hydrogen-bond acceptors (Lipinski definition) is 4. The number of rotatable bonds is 4. The number of aromatic nitrogens is 2. The fraction of sp³-hybridized carbons (Fsp3) is 0.105. The predicted molar refractivity (Wildman–Crippen MR) is 106 cm³/mol. The maximum Gasteiger partial charge on any atom is 0.257 e. The standard InChI is InChI=1S/C19H16Cl2N4O/c1-11-7-12(2)23-19(22-11)25-17-6-4-3-5-16(17)18(26)24-15-9-13(20)8-14(21)10-15/h3-10H,1-2H3,(H,24,26)(H,22,23,25). The number of carbonyl (C=O) groups is 1. The summed E-state index contributed by atoms with van der Waals surface area (Å²) in [5.41, 5.74) is 3.26. The van der Waals surface area contributed by atoms with E-state index in [9.17, 15) is 4.79 Å². The highest BCUT2D eigenvalue weighted by Gasteiger charge is 2.13. The summed E-state index contributed by atoms with van der Waals surface area (Å²) < 4.78 is 0. The molecule has 2 N–H and O–H groups in total. The first-order chi connectivity index (χ1) is 12.4. The van der Waals surface area contributed by atoms with Crippen LogP contribution in [-0.2, 0) is 0 Å². The predicted octanol–water partition coefficient (Wildman–Crippen LogP) is 5.40. The monoisotopic (exact) mass is 386 g/mol. The molecule has 0 fully saturated rings. The molecule has 3 rings (SSSR count). The van der Waals surface area contributed by atoms with E-state index in [1.807, 2.05) is 26.0 Å². The van der Waals surface area contributed by atoms with E-state index in [0.717, 1.165) is 11.4 Å². The van der Waals surface area contributed by atoms with Gasteiger partial charge in [0.1, 0.15) is 0 Å². The Morgan fingerprint density at radius 3 is 2.19 bits per heavy atom. The molecule has 1 aromatic heterocycles. The average Bonchev–Trinajstić information content (AvgIpc) is 2.53. The second-order valence-electron chi connectivity index (χ2n) is 5.76. The average molecular weight is 387 g/mol. The number of halogens is 2. The van der Waals surface area contributed by atoms with Gasteiger partial charge in [-0.3, -0.25) is 4.79 Å². The molecule has 0 aliphatic carbocycles. The lowest BCUT2D eigenvalue weighted by molar-refractivity contribution is 0.102. The molecule has 0 aliphatic heterocycles. The van der Waals surface area contributed by atoms with Gasteiger partial charge in [-0.25, -0.2) is 9.97 Å². The van der Waals surface area contributed by atoms with Gasteiger partial charge in [-0.2, -0.15) is 0 Å². The number of amides is 1. The molecule has 0 spiro atoms. The Morgan fingerprint density at radius 2 is 1.54 bits per heavy atom. The molecule has 26 heavy (non-hydrogen) atoms. The van der Waals surface area contributed by atoms with Crippen molar-refractivity contribution in [2.75, 3.05) is 10.6 Å². The van der Waals surface area contributed by atoms with Crippen LogP contribution in [0.1, 0.15) is 21.7 Å². The summed E-state index contributed by atoms with van der Waals surface area (Å²) in [7, 11) is 0. The molecule has 7 heteroatoms. The minimum atomic E-state index is -0.296. The number of anilines is 3. The SMILES string of the molecule is Cc1cc(C)nc(Nc2ccccc2C(=O)Nc2cc(Cl)cc(Cl)c2)n1. The van der Waals surface area contributed by atoms with Crippen LogP contribution >= 0.6 is 23.2 Å². The van der Waals surface area contributed by atoms with Crippen LogP contribution in [0.3, 0.4) is 0 Å². The van der Waals surface area contributed by atoms with Crippen molar-refractivity contribution in [3.8, 4) is 0 Å². The number of hydrogen-bond donors (Lipinski definition) is 2. The summed E-state index contributed by atoms with van der Waals surface area (Å²) >= 11 is 12.0. The topological polar surface area (TPSA) is 66.9 Å². The second kappa shape index (κ2) is 7.72. The third kappa shape index (κ3) is 4.50. The summed E-state index contributed by atoms with van der Waals surface area (Å²) in [5.74, 6) is 0.143. The van der Waals surface area contributed by atoms with Gasteiger partial charge in [0.25, 0.3) is 5.91 Å². The van der Waals surface area contributed by atoms with Crippen molar-refractivity contribution in [3.63, 3.8) is 0 Å². The van der Waals surface area contributed by atoms with E-state index < -0.39 is 0 Å². The zero-order valence-electron chi connectivity index (χ0n) is 14.2. The van der Waals surface area contributed by atoms with Crippen molar-refractivity contribution in [1.82, 2.24) is 9.97 Å². The molecule has 5 nitrogen and oxygen atoms in total. The molecular formula is C19H16Cl2N4O. The van der Waals surface area contributed by atoms with Crippen molar-refractivity contribution >= 4 is 46.4 Å². The van der Waals surface area contributed by atoms with Crippen LogP contribution in [0.4, 0.5) is 17.3 Å². The zero-order chi connectivity index (χ0) is 18.7. The molecule has 0 aliphatic rings. The lowest BCUT2D eigenvalue weighted by Gasteiger charge is -2.12. The van der Waals surface area contributed by atoms with Crippen LogP contribution in [0.5, 0.6) is 0 Å². The van der Waals surface area contributed by atoms with Crippen LogP contribution in [-0.4, -0.2) is 15.9 Å². The van der Waals surface area contributed by atoms with Crippen LogP contribution in [0.2, 0.25) is 10.0 Å². The molecule has 0 atom stereocenters. The Bertz CT molecular complexity index is 935. The molecule has 0 saturated carbocycles. The van der Waals surface area contributed by atoms with Gasteiger partial charge in [0, 0.05) is 27.1 Å². The summed E-state index contributed by atoms with van der Waals surface area (Å²) in [6.07, 6.45) is 0. The van der Waals surface area contributed by atoms with E-state index in [4.69, 9.17) is 23.2 Å². The van der Waals surface area contributed by atoms with E-state index in [1.165, 1.54) is 0 Å².